The summed E-state index contributed by atoms with van der Waals surface area (Å²) in [5.41, 5.74) is 4.94. The molecule has 3 aromatic carbocycles. The van der Waals surface area contributed by atoms with Crippen molar-refractivity contribution in [3.8, 4) is 22.8 Å². The number of para-hydroxylation sites is 2. The highest BCUT2D eigenvalue weighted by atomic mass is 35.5. The second kappa shape index (κ2) is 10.2. The van der Waals surface area contributed by atoms with Crippen molar-refractivity contribution in [2.75, 3.05) is 5.32 Å². The number of benzene rings is 3. The van der Waals surface area contributed by atoms with E-state index in [0.29, 0.717) is 22.4 Å². The molecule has 0 saturated carbocycles. The van der Waals surface area contributed by atoms with Crippen LogP contribution >= 0.6 is 23.8 Å². The minimum Gasteiger partial charge on any atom is -0.457 e. The lowest BCUT2D eigenvalue weighted by Crippen LogP contribution is -2.32. The summed E-state index contributed by atoms with van der Waals surface area (Å²) in [7, 11) is 0. The van der Waals surface area contributed by atoms with E-state index in [1.54, 1.807) is 12.1 Å². The van der Waals surface area contributed by atoms with E-state index in [4.69, 9.17) is 32.7 Å². The highest BCUT2D eigenvalue weighted by Gasteiger charge is 2.09. The van der Waals surface area contributed by atoms with Gasteiger partial charge in [-0.05, 0) is 85.4 Å². The van der Waals surface area contributed by atoms with Crippen molar-refractivity contribution < 1.29 is 13.6 Å². The first-order valence-electron chi connectivity index (χ1n) is 11.1. The number of hydrogen-bond acceptors (Lipinski definition) is 5. The molecule has 2 N–H and O–H groups in total. The lowest BCUT2D eigenvalue weighted by Gasteiger charge is -2.08. The van der Waals surface area contributed by atoms with Crippen LogP contribution in [0.2, 0.25) is 5.02 Å². The number of aryl methyl sites for hydroxylation is 1. The number of furan rings is 1. The van der Waals surface area contributed by atoms with Crippen LogP contribution in [0, 0.1) is 6.92 Å². The number of thiocarbonyl (C=S) groups is 1. The van der Waals surface area contributed by atoms with Gasteiger partial charge in [-0.3, -0.25) is 10.1 Å². The molecule has 0 unspecified atom stereocenters. The summed E-state index contributed by atoms with van der Waals surface area (Å²) >= 11 is 11.5. The molecule has 0 aliphatic rings. The van der Waals surface area contributed by atoms with Gasteiger partial charge in [-0.1, -0.05) is 35.9 Å². The molecule has 2 heterocycles. The van der Waals surface area contributed by atoms with Crippen LogP contribution in [0.25, 0.3) is 40.0 Å². The zero-order valence-electron chi connectivity index (χ0n) is 19.1. The average molecular weight is 514 g/mol. The van der Waals surface area contributed by atoms with Crippen LogP contribution in [-0.4, -0.2) is 16.0 Å². The minimum atomic E-state index is -0.382. The molecule has 0 spiro atoms. The maximum absolute atomic E-state index is 12.3. The van der Waals surface area contributed by atoms with Crippen LogP contribution < -0.4 is 10.6 Å². The lowest BCUT2D eigenvalue weighted by molar-refractivity contribution is -0.115. The van der Waals surface area contributed by atoms with Gasteiger partial charge in [0.25, 0.3) is 0 Å². The van der Waals surface area contributed by atoms with E-state index in [9.17, 15) is 4.79 Å². The van der Waals surface area contributed by atoms with Crippen molar-refractivity contribution in [2.24, 2.45) is 0 Å². The molecule has 0 radical (unpaired) electrons. The number of nitrogens with zero attached hydrogens (tertiary/aromatic N) is 1. The molecule has 0 aliphatic carbocycles. The van der Waals surface area contributed by atoms with Crippen molar-refractivity contribution in [2.45, 2.75) is 6.92 Å². The summed E-state index contributed by atoms with van der Waals surface area (Å²) in [4.78, 5) is 16.8. The van der Waals surface area contributed by atoms with Crippen molar-refractivity contribution in [1.29, 1.82) is 0 Å². The molecular formula is C28H20ClN3O3S. The molecule has 8 heteroatoms. The number of nitrogens with one attached hydrogen (secondary N) is 2. The molecule has 2 aromatic heterocycles. The number of halogens is 1. The van der Waals surface area contributed by atoms with Gasteiger partial charge in [0.1, 0.15) is 17.0 Å². The van der Waals surface area contributed by atoms with E-state index in [0.717, 1.165) is 33.5 Å². The van der Waals surface area contributed by atoms with Gasteiger partial charge in [0.05, 0.1) is 0 Å². The number of oxazole rings is 1. The van der Waals surface area contributed by atoms with Crippen molar-refractivity contribution >= 4 is 57.7 Å². The Morgan fingerprint density at radius 2 is 1.75 bits per heavy atom. The molecule has 1 amide bonds. The predicted octanol–water partition coefficient (Wildman–Crippen LogP) is 7.24. The number of fused-ring (bicyclic) bond motifs is 1. The first-order valence-corrected chi connectivity index (χ1v) is 11.9. The van der Waals surface area contributed by atoms with Gasteiger partial charge in [-0.2, -0.15) is 0 Å². The summed E-state index contributed by atoms with van der Waals surface area (Å²) < 4.78 is 11.6. The second-order valence-corrected chi connectivity index (χ2v) is 8.82. The van der Waals surface area contributed by atoms with Crippen LogP contribution in [0.3, 0.4) is 0 Å². The third kappa shape index (κ3) is 5.38. The standard InChI is InChI=1S/C28H20ClN3O3S/c1-17-6-7-19(16-22(17)29)24-14-12-21(34-24)13-15-26(33)32-28(36)30-20-10-8-18(9-11-20)27-31-23-4-2-3-5-25(23)35-27/h2-16H,1H3,(H2,30,32,33,36)/b15-13+. The van der Waals surface area contributed by atoms with Gasteiger partial charge in [-0.15, -0.1) is 0 Å². The maximum atomic E-state index is 12.3. The topological polar surface area (TPSA) is 80.3 Å². The zero-order valence-corrected chi connectivity index (χ0v) is 20.7. The summed E-state index contributed by atoms with van der Waals surface area (Å²) in [6.07, 6.45) is 2.93. The van der Waals surface area contributed by atoms with Crippen LogP contribution in [0.15, 0.2) is 93.8 Å². The lowest BCUT2D eigenvalue weighted by atomic mass is 10.1. The largest absolute Gasteiger partial charge is 0.457 e. The smallest absolute Gasteiger partial charge is 0.250 e. The molecule has 178 valence electrons. The van der Waals surface area contributed by atoms with E-state index < -0.39 is 0 Å². The van der Waals surface area contributed by atoms with Gasteiger partial charge in [0.15, 0.2) is 10.7 Å². The highest BCUT2D eigenvalue weighted by molar-refractivity contribution is 7.80. The van der Waals surface area contributed by atoms with Crippen LogP contribution in [0.5, 0.6) is 0 Å². The Kier molecular flexibility index (Phi) is 6.66. The van der Waals surface area contributed by atoms with Gasteiger partial charge >= 0.3 is 0 Å². The van der Waals surface area contributed by atoms with E-state index in [2.05, 4.69) is 15.6 Å². The van der Waals surface area contributed by atoms with E-state index in [1.165, 1.54) is 6.08 Å². The SMILES string of the molecule is Cc1ccc(-c2ccc(/C=C/C(=O)NC(=S)Nc3ccc(-c4nc5ccccc5o4)cc3)o2)cc1Cl. The highest BCUT2D eigenvalue weighted by Crippen LogP contribution is 2.27. The van der Waals surface area contributed by atoms with Crippen molar-refractivity contribution in [3.63, 3.8) is 0 Å². The molecule has 0 bridgehead atoms. The van der Waals surface area contributed by atoms with Crippen LogP contribution in [0.1, 0.15) is 11.3 Å². The number of amides is 1. The number of carbonyl (C=O) groups excluding carboxylic acids is 1. The minimum absolute atomic E-state index is 0.175. The number of anilines is 1. The third-order valence-corrected chi connectivity index (χ3v) is 6.01. The number of carbonyl (C=O) groups is 1. The Hall–Kier alpha value is -4.20. The van der Waals surface area contributed by atoms with Gasteiger partial charge in [-0.25, -0.2) is 4.98 Å². The number of aromatic nitrogens is 1. The Bertz CT molecular complexity index is 1570. The predicted molar refractivity (Wildman–Crippen MR) is 147 cm³/mol. The average Bonchev–Trinajstić information content (AvgIpc) is 3.52. The molecular weight excluding hydrogens is 494 g/mol. The number of hydrogen-bond donors (Lipinski definition) is 2. The molecule has 0 saturated heterocycles. The Balaban J connectivity index is 1.16. The Morgan fingerprint density at radius 3 is 2.53 bits per heavy atom. The molecule has 5 rings (SSSR count). The Morgan fingerprint density at radius 1 is 0.972 bits per heavy atom. The fourth-order valence-corrected chi connectivity index (χ4v) is 3.91. The Labute approximate surface area is 217 Å². The normalized spacial score (nSPS) is 11.2. The second-order valence-electron chi connectivity index (χ2n) is 8.01. The fraction of sp³-hybridized carbons (Fsp3) is 0.0357. The molecule has 0 fully saturated rings. The summed E-state index contributed by atoms with van der Waals surface area (Å²) in [5, 5.41) is 6.45. The molecule has 0 atom stereocenters. The van der Waals surface area contributed by atoms with Crippen LogP contribution in [-0.2, 0) is 4.79 Å². The molecule has 36 heavy (non-hydrogen) atoms. The molecule has 6 nitrogen and oxygen atoms in total. The van der Waals surface area contributed by atoms with Crippen LogP contribution in [0.4, 0.5) is 5.69 Å². The fourth-order valence-electron chi connectivity index (χ4n) is 3.51. The van der Waals surface area contributed by atoms with Gasteiger partial charge in [0, 0.05) is 27.9 Å². The third-order valence-electron chi connectivity index (χ3n) is 5.40. The summed E-state index contributed by atoms with van der Waals surface area (Å²) in [6, 6.07) is 24.3. The maximum Gasteiger partial charge on any atom is 0.250 e. The summed E-state index contributed by atoms with van der Waals surface area (Å²) in [6.45, 7) is 1.94. The molecule has 0 aliphatic heterocycles. The van der Waals surface area contributed by atoms with E-state index in [1.807, 2.05) is 79.7 Å². The molecule has 5 aromatic rings. The van der Waals surface area contributed by atoms with Gasteiger partial charge in [0.2, 0.25) is 11.8 Å². The van der Waals surface area contributed by atoms with Gasteiger partial charge < -0.3 is 14.2 Å². The first-order chi connectivity index (χ1) is 17.4. The number of rotatable bonds is 5. The van der Waals surface area contributed by atoms with Crippen molar-refractivity contribution in [1.82, 2.24) is 10.3 Å². The van der Waals surface area contributed by atoms with E-state index in [-0.39, 0.29) is 11.0 Å². The van der Waals surface area contributed by atoms with E-state index >= 15 is 0 Å². The van der Waals surface area contributed by atoms with Crippen molar-refractivity contribution in [3.05, 3.63) is 101 Å². The zero-order chi connectivity index (χ0) is 25.1. The first kappa shape index (κ1) is 23.5. The summed E-state index contributed by atoms with van der Waals surface area (Å²) in [5.74, 6) is 1.35. The quantitative estimate of drug-likeness (QED) is 0.190. The monoisotopic (exact) mass is 513 g/mol.